The first kappa shape index (κ1) is 27.7. The molecule has 1 unspecified atom stereocenters. The highest BCUT2D eigenvalue weighted by Crippen LogP contribution is 2.51. The van der Waals surface area contributed by atoms with Gasteiger partial charge in [0, 0.05) is 18.5 Å². The van der Waals surface area contributed by atoms with Crippen LogP contribution in [-0.2, 0) is 18.3 Å². The van der Waals surface area contributed by atoms with Gasteiger partial charge in [0.25, 0.3) is 8.53 Å². The lowest BCUT2D eigenvalue weighted by atomic mass is 9.85. The van der Waals surface area contributed by atoms with Crippen molar-refractivity contribution in [2.24, 2.45) is 0 Å². The second kappa shape index (κ2) is 12.1. The number of rotatable bonds is 11. The molecule has 1 fully saturated rings. The summed E-state index contributed by atoms with van der Waals surface area (Å²) in [6, 6.07) is 2.45. The fourth-order valence-electron chi connectivity index (χ4n) is 3.53. The highest BCUT2D eigenvalue weighted by molar-refractivity contribution is 7.65. The summed E-state index contributed by atoms with van der Waals surface area (Å²) >= 11 is 0. The van der Waals surface area contributed by atoms with Crippen molar-refractivity contribution in [3.05, 3.63) is 11.9 Å². The Labute approximate surface area is 184 Å². The van der Waals surface area contributed by atoms with Crippen LogP contribution >= 0.6 is 15.7 Å². The van der Waals surface area contributed by atoms with Crippen molar-refractivity contribution in [2.45, 2.75) is 96.8 Å². The van der Waals surface area contributed by atoms with E-state index in [-0.39, 0.29) is 31.2 Å². The van der Waals surface area contributed by atoms with Crippen LogP contribution in [0.3, 0.4) is 0 Å². The van der Waals surface area contributed by atoms with Crippen LogP contribution in [0, 0.1) is 11.3 Å². The van der Waals surface area contributed by atoms with Gasteiger partial charge in [0.1, 0.15) is 18.8 Å². The summed E-state index contributed by atoms with van der Waals surface area (Å²) in [5.74, 6) is 1.72. The van der Waals surface area contributed by atoms with E-state index in [0.29, 0.717) is 12.8 Å². The van der Waals surface area contributed by atoms with Gasteiger partial charge in [0.05, 0.1) is 31.3 Å². The number of aliphatic hydroxyl groups excluding tert-OH is 1. The molecule has 0 aromatic rings. The van der Waals surface area contributed by atoms with Gasteiger partial charge in [-0.1, -0.05) is 6.92 Å². The molecule has 5 atom stereocenters. The lowest BCUT2D eigenvalue weighted by molar-refractivity contribution is -0.194. The van der Waals surface area contributed by atoms with Gasteiger partial charge in [0.2, 0.25) is 0 Å². The molecule has 0 bridgehead atoms. The van der Waals surface area contributed by atoms with Crippen molar-refractivity contribution in [3.63, 3.8) is 0 Å². The van der Waals surface area contributed by atoms with E-state index in [9.17, 15) is 9.67 Å². The Hall–Kier alpha value is -0.310. The van der Waals surface area contributed by atoms with Gasteiger partial charge in [-0.2, -0.15) is 5.26 Å². The van der Waals surface area contributed by atoms with E-state index in [4.69, 9.17) is 19.0 Å². The number of nitriles is 1. The monoisotopic (exact) mass is 462 g/mol. The van der Waals surface area contributed by atoms with Crippen molar-refractivity contribution in [1.82, 2.24) is 4.67 Å². The number of aliphatic hydroxyl groups is 1. The quantitative estimate of drug-likeness (QED) is 0.337. The second-order valence-corrected chi connectivity index (χ2v) is 13.4. The SMILES string of the molecule is CC[C@]1(/C=C/P(C)(C)=O)O[C@@H](C)[C@H](O)C[C@@H]1OP(OCCC#N)N(C(C)C)C(C)C. The molecular formula is C21H40N2O5P2. The minimum absolute atomic E-state index is 0.171. The summed E-state index contributed by atoms with van der Waals surface area (Å²) in [6.45, 7) is 15.9. The highest BCUT2D eigenvalue weighted by Gasteiger charge is 2.48. The molecular weight excluding hydrogens is 422 g/mol. The van der Waals surface area contributed by atoms with E-state index >= 15 is 0 Å². The maximum Gasteiger partial charge on any atom is 0.259 e. The van der Waals surface area contributed by atoms with Crippen LogP contribution in [0.1, 0.15) is 60.8 Å². The predicted octanol–water partition coefficient (Wildman–Crippen LogP) is 5.10. The smallest absolute Gasteiger partial charge is 0.259 e. The van der Waals surface area contributed by atoms with E-state index in [1.165, 1.54) is 0 Å². The second-order valence-electron chi connectivity index (χ2n) is 8.83. The fraction of sp³-hybridized carbons (Fsp3) is 0.857. The van der Waals surface area contributed by atoms with Crippen molar-refractivity contribution in [3.8, 4) is 6.07 Å². The van der Waals surface area contributed by atoms with Gasteiger partial charge in [-0.3, -0.25) is 0 Å². The maximum absolute atomic E-state index is 12.4. The molecule has 1 heterocycles. The summed E-state index contributed by atoms with van der Waals surface area (Å²) < 4.78 is 33.4. The molecule has 1 aliphatic rings. The molecule has 0 aromatic carbocycles. The van der Waals surface area contributed by atoms with Crippen LogP contribution in [0.15, 0.2) is 11.9 Å². The van der Waals surface area contributed by atoms with Crippen molar-refractivity contribution in [1.29, 1.82) is 5.26 Å². The molecule has 30 heavy (non-hydrogen) atoms. The zero-order valence-corrected chi connectivity index (χ0v) is 21.5. The van der Waals surface area contributed by atoms with Gasteiger partial charge < -0.3 is 23.5 Å². The molecule has 7 nitrogen and oxygen atoms in total. The Morgan fingerprint density at radius 2 is 1.97 bits per heavy atom. The fourth-order valence-corrected chi connectivity index (χ4v) is 5.93. The summed E-state index contributed by atoms with van der Waals surface area (Å²) in [4.78, 5) is 0. The van der Waals surface area contributed by atoms with Crippen LogP contribution < -0.4 is 0 Å². The first-order valence-corrected chi connectivity index (χ1v) is 14.5. The van der Waals surface area contributed by atoms with E-state index in [0.717, 1.165) is 0 Å². The van der Waals surface area contributed by atoms with Crippen LogP contribution in [0.5, 0.6) is 0 Å². The summed E-state index contributed by atoms with van der Waals surface area (Å²) in [7, 11) is -3.89. The van der Waals surface area contributed by atoms with E-state index in [2.05, 4.69) is 38.4 Å². The van der Waals surface area contributed by atoms with Crippen molar-refractivity contribution >= 4 is 15.7 Å². The molecule has 0 amide bonds. The summed E-state index contributed by atoms with van der Waals surface area (Å²) in [6.07, 6.45) is 1.64. The van der Waals surface area contributed by atoms with Gasteiger partial charge in [0.15, 0.2) is 0 Å². The van der Waals surface area contributed by atoms with E-state index < -0.39 is 33.5 Å². The summed E-state index contributed by atoms with van der Waals surface area (Å²) in [5, 5.41) is 19.4. The molecule has 1 saturated heterocycles. The molecule has 174 valence electrons. The first-order chi connectivity index (χ1) is 13.9. The number of ether oxygens (including phenoxy) is 1. The maximum atomic E-state index is 12.4. The van der Waals surface area contributed by atoms with Crippen LogP contribution in [0.2, 0.25) is 0 Å². The molecule has 0 aliphatic carbocycles. The molecule has 1 N–H and O–H groups in total. The van der Waals surface area contributed by atoms with Crippen molar-refractivity contribution < 1.29 is 23.5 Å². The number of hydrogen-bond donors (Lipinski definition) is 1. The van der Waals surface area contributed by atoms with E-state index in [1.54, 1.807) is 19.1 Å². The third-order valence-corrected chi connectivity index (χ3v) is 8.10. The third kappa shape index (κ3) is 7.99. The normalized spacial score (nSPS) is 29.1. The van der Waals surface area contributed by atoms with Gasteiger partial charge in [-0.05, 0) is 66.3 Å². The van der Waals surface area contributed by atoms with Crippen LogP contribution in [0.25, 0.3) is 0 Å². The Morgan fingerprint density at radius 3 is 2.43 bits per heavy atom. The molecule has 0 aromatic heterocycles. The highest BCUT2D eigenvalue weighted by atomic mass is 31.2. The van der Waals surface area contributed by atoms with Crippen LogP contribution in [0.4, 0.5) is 0 Å². The zero-order valence-electron chi connectivity index (χ0n) is 19.7. The van der Waals surface area contributed by atoms with Crippen molar-refractivity contribution in [2.75, 3.05) is 19.9 Å². The third-order valence-electron chi connectivity index (χ3n) is 5.10. The van der Waals surface area contributed by atoms with Gasteiger partial charge in [-0.25, -0.2) is 4.67 Å². The lowest BCUT2D eigenvalue weighted by Crippen LogP contribution is -2.55. The topological polar surface area (TPSA) is 92.0 Å². The average molecular weight is 463 g/mol. The minimum atomic E-state index is -2.41. The average Bonchev–Trinajstić information content (AvgIpc) is 2.62. The Balaban J connectivity index is 3.29. The molecule has 1 aliphatic heterocycles. The number of hydrogen-bond acceptors (Lipinski definition) is 7. The molecule has 9 heteroatoms. The number of nitrogens with zero attached hydrogens (tertiary/aromatic N) is 2. The first-order valence-electron chi connectivity index (χ1n) is 10.7. The molecule has 0 saturated carbocycles. The Morgan fingerprint density at radius 1 is 1.37 bits per heavy atom. The minimum Gasteiger partial charge on any atom is -0.390 e. The summed E-state index contributed by atoms with van der Waals surface area (Å²) in [5.41, 5.74) is -0.806. The zero-order chi connectivity index (χ0) is 23.1. The molecule has 0 radical (unpaired) electrons. The van der Waals surface area contributed by atoms with E-state index in [1.807, 2.05) is 19.9 Å². The molecule has 0 spiro atoms. The predicted molar refractivity (Wildman–Crippen MR) is 123 cm³/mol. The lowest BCUT2D eigenvalue weighted by Gasteiger charge is -2.48. The van der Waals surface area contributed by atoms with Crippen LogP contribution in [-0.4, -0.2) is 65.7 Å². The Bertz CT molecular complexity index is 638. The van der Waals surface area contributed by atoms with Gasteiger partial charge in [-0.15, -0.1) is 0 Å². The standard InChI is InChI=1S/C21H40N2O5P2/c1-9-21(11-14-30(7,8)25)20(15-19(24)18(6)27-21)28-29(26-13-10-12-22)23(16(2)3)17(4)5/h11,14,16-20,24H,9-10,13,15H2,1-8H3/b14-11+/t18-,19+,20-,21+,29?/m0/s1. The molecule has 1 rings (SSSR count). The Kier molecular flexibility index (Phi) is 11.2. The largest absolute Gasteiger partial charge is 0.390 e. The van der Waals surface area contributed by atoms with Gasteiger partial charge >= 0.3 is 0 Å².